The van der Waals surface area contributed by atoms with E-state index in [1.54, 1.807) is 7.11 Å². The summed E-state index contributed by atoms with van der Waals surface area (Å²) in [6, 6.07) is 5.96. The van der Waals surface area contributed by atoms with Gasteiger partial charge >= 0.3 is 0 Å². The van der Waals surface area contributed by atoms with Gasteiger partial charge in [0.05, 0.1) is 12.8 Å². The molecule has 0 aliphatic rings. The number of rotatable bonds is 5. The Hall–Kier alpha value is -1.22. The van der Waals surface area contributed by atoms with Crippen molar-refractivity contribution in [1.82, 2.24) is 4.90 Å². The van der Waals surface area contributed by atoms with E-state index in [-0.39, 0.29) is 0 Å². The average Bonchev–Trinajstić information content (AvgIpc) is 2.18. The second kappa shape index (κ2) is 5.61. The molecule has 84 valence electrons. The van der Waals surface area contributed by atoms with Crippen LogP contribution >= 0.6 is 0 Å². The van der Waals surface area contributed by atoms with Gasteiger partial charge in [-0.25, -0.2) is 0 Å². The first-order valence-corrected chi connectivity index (χ1v) is 5.28. The molecule has 0 bridgehead atoms. The first-order valence-electron chi connectivity index (χ1n) is 5.28. The van der Waals surface area contributed by atoms with E-state index < -0.39 is 0 Å². The molecule has 0 fully saturated rings. The summed E-state index contributed by atoms with van der Waals surface area (Å²) in [6.07, 6.45) is 1.17. The van der Waals surface area contributed by atoms with Crippen LogP contribution < -0.4 is 10.5 Å². The highest BCUT2D eigenvalue weighted by Gasteiger charge is 2.03. The van der Waals surface area contributed by atoms with E-state index in [9.17, 15) is 0 Å². The second-order valence-electron chi connectivity index (χ2n) is 3.81. The van der Waals surface area contributed by atoms with Crippen LogP contribution in [0, 0.1) is 0 Å². The van der Waals surface area contributed by atoms with Crippen molar-refractivity contribution in [3.05, 3.63) is 23.8 Å². The summed E-state index contributed by atoms with van der Waals surface area (Å²) in [5.74, 6) is 0.747. The van der Waals surface area contributed by atoms with Gasteiger partial charge < -0.3 is 15.4 Å². The zero-order valence-electron chi connectivity index (χ0n) is 9.79. The smallest absolute Gasteiger partial charge is 0.141 e. The number of hydrogen-bond acceptors (Lipinski definition) is 3. The lowest BCUT2D eigenvalue weighted by Gasteiger charge is -2.16. The molecule has 0 unspecified atom stereocenters. The van der Waals surface area contributed by atoms with Gasteiger partial charge in [-0.3, -0.25) is 0 Å². The standard InChI is InChI=1S/C12H20N2O/c1-4-7-14(2)9-10-5-6-12(15-3)11(13)8-10/h5-6,8H,4,7,9,13H2,1-3H3. The number of benzene rings is 1. The van der Waals surface area contributed by atoms with Gasteiger partial charge in [-0.1, -0.05) is 13.0 Å². The highest BCUT2D eigenvalue weighted by Crippen LogP contribution is 2.22. The predicted octanol–water partition coefficient (Wildman–Crippen LogP) is 2.12. The molecule has 0 aromatic heterocycles. The topological polar surface area (TPSA) is 38.5 Å². The zero-order valence-corrected chi connectivity index (χ0v) is 9.79. The molecule has 0 aliphatic carbocycles. The molecule has 3 heteroatoms. The molecule has 0 saturated carbocycles. The van der Waals surface area contributed by atoms with Gasteiger partial charge in [0.1, 0.15) is 5.75 Å². The van der Waals surface area contributed by atoms with Gasteiger partial charge in [-0.2, -0.15) is 0 Å². The van der Waals surface area contributed by atoms with Crippen LogP contribution in [0.2, 0.25) is 0 Å². The highest BCUT2D eigenvalue weighted by molar-refractivity contribution is 5.54. The molecule has 1 aromatic carbocycles. The summed E-state index contributed by atoms with van der Waals surface area (Å²) in [5.41, 5.74) is 7.77. The predicted molar refractivity (Wildman–Crippen MR) is 64.0 cm³/mol. The van der Waals surface area contributed by atoms with Gasteiger partial charge in [0.15, 0.2) is 0 Å². The molecular weight excluding hydrogens is 188 g/mol. The Morgan fingerprint density at radius 2 is 2.13 bits per heavy atom. The maximum absolute atomic E-state index is 5.84. The maximum Gasteiger partial charge on any atom is 0.141 e. The van der Waals surface area contributed by atoms with Crippen molar-refractivity contribution >= 4 is 5.69 Å². The fourth-order valence-corrected chi connectivity index (χ4v) is 1.65. The van der Waals surface area contributed by atoms with Gasteiger partial charge in [0.2, 0.25) is 0 Å². The van der Waals surface area contributed by atoms with Crippen LogP contribution in [0.1, 0.15) is 18.9 Å². The molecule has 3 nitrogen and oxygen atoms in total. The van der Waals surface area contributed by atoms with Gasteiger partial charge in [-0.05, 0) is 37.7 Å². The van der Waals surface area contributed by atoms with Crippen LogP contribution in [0.25, 0.3) is 0 Å². The lowest BCUT2D eigenvalue weighted by atomic mass is 10.2. The maximum atomic E-state index is 5.84. The molecule has 1 aromatic rings. The molecule has 0 saturated heterocycles. The van der Waals surface area contributed by atoms with Crippen LogP contribution in [-0.4, -0.2) is 25.6 Å². The number of ether oxygens (including phenoxy) is 1. The van der Waals surface area contributed by atoms with Gasteiger partial charge in [0, 0.05) is 6.54 Å². The molecule has 2 N–H and O–H groups in total. The quantitative estimate of drug-likeness (QED) is 0.753. The minimum Gasteiger partial charge on any atom is -0.495 e. The lowest BCUT2D eigenvalue weighted by Crippen LogP contribution is -2.18. The van der Waals surface area contributed by atoms with Crippen molar-refractivity contribution in [1.29, 1.82) is 0 Å². The monoisotopic (exact) mass is 208 g/mol. The number of nitrogen functional groups attached to an aromatic ring is 1. The van der Waals surface area contributed by atoms with E-state index in [0.29, 0.717) is 5.69 Å². The molecule has 0 atom stereocenters. The molecule has 1 rings (SSSR count). The van der Waals surface area contributed by atoms with Crippen molar-refractivity contribution in [3.8, 4) is 5.75 Å². The fraction of sp³-hybridized carbons (Fsp3) is 0.500. The highest BCUT2D eigenvalue weighted by atomic mass is 16.5. The lowest BCUT2D eigenvalue weighted by molar-refractivity contribution is 0.327. The second-order valence-corrected chi connectivity index (χ2v) is 3.81. The Balaban J connectivity index is 2.66. The Morgan fingerprint density at radius 1 is 1.40 bits per heavy atom. The molecular formula is C12H20N2O. The molecule has 0 heterocycles. The Morgan fingerprint density at radius 3 is 2.67 bits per heavy atom. The number of nitrogens with zero attached hydrogens (tertiary/aromatic N) is 1. The van der Waals surface area contributed by atoms with Crippen LogP contribution in [0.5, 0.6) is 5.75 Å². The van der Waals surface area contributed by atoms with E-state index in [1.165, 1.54) is 12.0 Å². The molecule has 0 spiro atoms. The third-order valence-electron chi connectivity index (χ3n) is 2.35. The minimum absolute atomic E-state index is 0.708. The van der Waals surface area contributed by atoms with Crippen molar-refractivity contribution in [2.24, 2.45) is 0 Å². The number of hydrogen-bond donors (Lipinski definition) is 1. The van der Waals surface area contributed by atoms with Crippen LogP contribution in [-0.2, 0) is 6.54 Å². The summed E-state index contributed by atoms with van der Waals surface area (Å²) in [5, 5.41) is 0. The van der Waals surface area contributed by atoms with Crippen molar-refractivity contribution in [2.75, 3.05) is 26.4 Å². The summed E-state index contributed by atoms with van der Waals surface area (Å²) in [6.45, 7) is 4.22. The third-order valence-corrected chi connectivity index (χ3v) is 2.35. The summed E-state index contributed by atoms with van der Waals surface area (Å²) in [7, 11) is 3.75. The number of anilines is 1. The normalized spacial score (nSPS) is 10.7. The SMILES string of the molecule is CCCN(C)Cc1ccc(OC)c(N)c1. The van der Waals surface area contributed by atoms with E-state index >= 15 is 0 Å². The number of nitrogens with two attached hydrogens (primary N) is 1. The zero-order chi connectivity index (χ0) is 11.3. The van der Waals surface area contributed by atoms with Crippen LogP contribution in [0.15, 0.2) is 18.2 Å². The van der Waals surface area contributed by atoms with Crippen molar-refractivity contribution in [2.45, 2.75) is 19.9 Å². The van der Waals surface area contributed by atoms with Crippen molar-refractivity contribution in [3.63, 3.8) is 0 Å². The Kier molecular flexibility index (Phi) is 4.43. The summed E-state index contributed by atoms with van der Waals surface area (Å²) < 4.78 is 5.11. The fourth-order valence-electron chi connectivity index (χ4n) is 1.65. The molecule has 15 heavy (non-hydrogen) atoms. The van der Waals surface area contributed by atoms with Gasteiger partial charge in [0.25, 0.3) is 0 Å². The summed E-state index contributed by atoms with van der Waals surface area (Å²) in [4.78, 5) is 2.28. The molecule has 0 amide bonds. The van der Waals surface area contributed by atoms with E-state index in [0.717, 1.165) is 18.8 Å². The minimum atomic E-state index is 0.708. The first kappa shape index (κ1) is 11.9. The first-order chi connectivity index (χ1) is 7.17. The molecule has 0 aliphatic heterocycles. The van der Waals surface area contributed by atoms with E-state index in [2.05, 4.69) is 24.9 Å². The third kappa shape index (κ3) is 3.44. The van der Waals surface area contributed by atoms with E-state index in [4.69, 9.17) is 10.5 Å². The Bertz CT molecular complexity index is 312. The largest absolute Gasteiger partial charge is 0.495 e. The van der Waals surface area contributed by atoms with E-state index in [1.807, 2.05) is 12.1 Å². The van der Waals surface area contributed by atoms with Crippen LogP contribution in [0.3, 0.4) is 0 Å². The van der Waals surface area contributed by atoms with Crippen molar-refractivity contribution < 1.29 is 4.74 Å². The van der Waals surface area contributed by atoms with Crippen LogP contribution in [0.4, 0.5) is 5.69 Å². The molecule has 0 radical (unpaired) electrons. The Labute approximate surface area is 91.8 Å². The average molecular weight is 208 g/mol. The number of methoxy groups -OCH3 is 1. The van der Waals surface area contributed by atoms with Gasteiger partial charge in [-0.15, -0.1) is 0 Å². The summed E-state index contributed by atoms with van der Waals surface area (Å²) >= 11 is 0.